The second kappa shape index (κ2) is 8.76. The summed E-state index contributed by atoms with van der Waals surface area (Å²) in [5, 5.41) is 11.9. The van der Waals surface area contributed by atoms with E-state index in [4.69, 9.17) is 10.00 Å². The van der Waals surface area contributed by atoms with E-state index in [9.17, 15) is 4.79 Å². The second-order valence-corrected chi connectivity index (χ2v) is 7.13. The summed E-state index contributed by atoms with van der Waals surface area (Å²) < 4.78 is 5.37. The number of aromatic nitrogens is 1. The van der Waals surface area contributed by atoms with Gasteiger partial charge in [0.15, 0.2) is 0 Å². The van der Waals surface area contributed by atoms with Crippen molar-refractivity contribution in [2.45, 2.75) is 6.92 Å². The lowest BCUT2D eigenvalue weighted by molar-refractivity contribution is 0.102. The molecule has 0 unspecified atom stereocenters. The molecule has 0 radical (unpaired) electrons. The molecule has 4 rings (SSSR count). The molecule has 0 aliphatic carbocycles. The number of hydrogen-bond donors (Lipinski definition) is 1. The van der Waals surface area contributed by atoms with E-state index in [1.807, 2.05) is 49.4 Å². The summed E-state index contributed by atoms with van der Waals surface area (Å²) in [5.41, 5.74) is 4.69. The molecule has 1 amide bonds. The molecular weight excluding hydrogens is 376 g/mol. The number of ether oxygens (including phenoxy) is 1. The van der Waals surface area contributed by atoms with E-state index >= 15 is 0 Å². The third kappa shape index (κ3) is 4.17. The Kier molecular flexibility index (Phi) is 5.73. The molecule has 3 aromatic rings. The van der Waals surface area contributed by atoms with Gasteiger partial charge >= 0.3 is 0 Å². The Labute approximate surface area is 175 Å². The third-order valence-electron chi connectivity index (χ3n) is 5.24. The van der Waals surface area contributed by atoms with Crippen molar-refractivity contribution in [1.82, 2.24) is 4.98 Å². The smallest absolute Gasteiger partial charge is 0.255 e. The van der Waals surface area contributed by atoms with Gasteiger partial charge < -0.3 is 15.0 Å². The number of pyridine rings is 1. The molecule has 30 heavy (non-hydrogen) atoms. The summed E-state index contributed by atoms with van der Waals surface area (Å²) in [7, 11) is 0. The highest BCUT2D eigenvalue weighted by atomic mass is 16.5. The maximum Gasteiger partial charge on any atom is 0.255 e. The van der Waals surface area contributed by atoms with Crippen LogP contribution < -0.4 is 10.2 Å². The molecule has 2 aromatic carbocycles. The number of hydrogen-bond acceptors (Lipinski definition) is 5. The fourth-order valence-corrected chi connectivity index (χ4v) is 3.56. The van der Waals surface area contributed by atoms with Crippen molar-refractivity contribution in [1.29, 1.82) is 5.26 Å². The Morgan fingerprint density at radius 3 is 2.53 bits per heavy atom. The highest BCUT2D eigenvalue weighted by molar-refractivity contribution is 6.06. The summed E-state index contributed by atoms with van der Waals surface area (Å²) in [6.07, 6.45) is 1.68. The zero-order chi connectivity index (χ0) is 20.9. The fourth-order valence-electron chi connectivity index (χ4n) is 3.56. The number of carbonyl (C=O) groups is 1. The number of amides is 1. The van der Waals surface area contributed by atoms with E-state index in [0.717, 1.165) is 35.6 Å². The van der Waals surface area contributed by atoms with Crippen LogP contribution in [0.4, 0.5) is 11.5 Å². The van der Waals surface area contributed by atoms with Crippen LogP contribution in [0.15, 0.2) is 60.8 Å². The summed E-state index contributed by atoms with van der Waals surface area (Å²) in [5.74, 6) is 0.708. The van der Waals surface area contributed by atoms with E-state index in [1.54, 1.807) is 18.3 Å². The van der Waals surface area contributed by atoms with Crippen LogP contribution in [0.1, 0.15) is 21.5 Å². The van der Waals surface area contributed by atoms with Gasteiger partial charge in [-0.1, -0.05) is 24.3 Å². The summed E-state index contributed by atoms with van der Waals surface area (Å²) in [6, 6.07) is 18.9. The Balaban J connectivity index is 1.51. The van der Waals surface area contributed by atoms with Gasteiger partial charge in [0.05, 0.1) is 36.7 Å². The number of carbonyl (C=O) groups excluding carboxylic acids is 1. The average Bonchev–Trinajstić information content (AvgIpc) is 2.80. The number of nitrogens with one attached hydrogen (secondary N) is 1. The topological polar surface area (TPSA) is 78.2 Å². The molecule has 1 aromatic heterocycles. The molecule has 0 atom stereocenters. The minimum Gasteiger partial charge on any atom is -0.378 e. The van der Waals surface area contributed by atoms with E-state index in [0.29, 0.717) is 30.0 Å². The second-order valence-electron chi connectivity index (χ2n) is 7.13. The van der Waals surface area contributed by atoms with Crippen molar-refractivity contribution in [2.24, 2.45) is 0 Å². The molecule has 1 N–H and O–H groups in total. The minimum absolute atomic E-state index is 0.177. The van der Waals surface area contributed by atoms with Crippen molar-refractivity contribution in [3.8, 4) is 17.2 Å². The molecule has 0 bridgehead atoms. The fraction of sp³-hybridized carbons (Fsp3) is 0.208. The van der Waals surface area contributed by atoms with Gasteiger partial charge in [-0.3, -0.25) is 4.79 Å². The van der Waals surface area contributed by atoms with E-state index in [-0.39, 0.29) is 5.91 Å². The Bertz CT molecular complexity index is 1080. The first kappa shape index (κ1) is 19.6. The molecular formula is C24H22N4O2. The molecule has 150 valence electrons. The van der Waals surface area contributed by atoms with Gasteiger partial charge in [0.2, 0.25) is 0 Å². The Hall–Kier alpha value is -3.69. The van der Waals surface area contributed by atoms with Gasteiger partial charge in [-0.15, -0.1) is 0 Å². The van der Waals surface area contributed by atoms with Gasteiger partial charge in [0.1, 0.15) is 5.82 Å². The molecule has 6 heteroatoms. The molecule has 1 aliphatic heterocycles. The van der Waals surface area contributed by atoms with Crippen LogP contribution in [-0.2, 0) is 4.74 Å². The Morgan fingerprint density at radius 1 is 1.10 bits per heavy atom. The van der Waals surface area contributed by atoms with E-state index < -0.39 is 0 Å². The zero-order valence-electron chi connectivity index (χ0n) is 16.8. The third-order valence-corrected chi connectivity index (χ3v) is 5.24. The van der Waals surface area contributed by atoms with Crippen molar-refractivity contribution in [2.75, 3.05) is 36.5 Å². The van der Waals surface area contributed by atoms with Crippen LogP contribution in [0.2, 0.25) is 0 Å². The van der Waals surface area contributed by atoms with Crippen LogP contribution in [0.5, 0.6) is 0 Å². The van der Waals surface area contributed by atoms with Gasteiger partial charge in [-0.05, 0) is 53.9 Å². The number of benzene rings is 2. The molecule has 0 saturated carbocycles. The number of anilines is 2. The lowest BCUT2D eigenvalue weighted by atomic mass is 9.95. The standard InChI is InChI=1S/C24H22N4O2/c1-17-21(19-7-5-18(15-25)6-8-19)3-2-4-22(17)24(29)27-20-9-10-23(26-16-20)28-11-13-30-14-12-28/h2-10,16H,11-14H2,1H3,(H,27,29). The highest BCUT2D eigenvalue weighted by Crippen LogP contribution is 2.27. The van der Waals surface area contributed by atoms with Gasteiger partial charge in [0.25, 0.3) is 5.91 Å². The maximum absolute atomic E-state index is 12.9. The lowest BCUT2D eigenvalue weighted by Gasteiger charge is -2.27. The van der Waals surface area contributed by atoms with E-state index in [1.165, 1.54) is 0 Å². The predicted octanol–water partition coefficient (Wildman–Crippen LogP) is 4.02. The quantitative estimate of drug-likeness (QED) is 0.718. The molecule has 1 fully saturated rings. The van der Waals surface area contributed by atoms with Crippen LogP contribution in [0.25, 0.3) is 11.1 Å². The maximum atomic E-state index is 12.9. The average molecular weight is 398 g/mol. The molecule has 2 heterocycles. The van der Waals surface area contributed by atoms with Crippen LogP contribution >= 0.6 is 0 Å². The predicted molar refractivity (Wildman–Crippen MR) is 117 cm³/mol. The van der Waals surface area contributed by atoms with Crippen LogP contribution in [-0.4, -0.2) is 37.2 Å². The number of nitriles is 1. The Morgan fingerprint density at radius 2 is 1.87 bits per heavy atom. The van der Waals surface area contributed by atoms with Crippen LogP contribution in [0.3, 0.4) is 0 Å². The van der Waals surface area contributed by atoms with Gasteiger partial charge in [-0.2, -0.15) is 5.26 Å². The van der Waals surface area contributed by atoms with Gasteiger partial charge in [0, 0.05) is 18.7 Å². The number of rotatable bonds is 4. The molecule has 1 aliphatic rings. The summed E-state index contributed by atoms with van der Waals surface area (Å²) in [4.78, 5) is 19.5. The largest absolute Gasteiger partial charge is 0.378 e. The van der Waals surface area contributed by atoms with Gasteiger partial charge in [-0.25, -0.2) is 4.98 Å². The zero-order valence-corrected chi connectivity index (χ0v) is 16.8. The van der Waals surface area contributed by atoms with Crippen molar-refractivity contribution < 1.29 is 9.53 Å². The highest BCUT2D eigenvalue weighted by Gasteiger charge is 2.15. The monoisotopic (exact) mass is 398 g/mol. The van der Waals surface area contributed by atoms with Crippen molar-refractivity contribution >= 4 is 17.4 Å². The first-order chi connectivity index (χ1) is 14.7. The molecule has 6 nitrogen and oxygen atoms in total. The number of nitrogens with zero attached hydrogens (tertiary/aromatic N) is 3. The van der Waals surface area contributed by atoms with Crippen LogP contribution in [0, 0.1) is 18.3 Å². The SMILES string of the molecule is Cc1c(C(=O)Nc2ccc(N3CCOCC3)nc2)cccc1-c1ccc(C#N)cc1. The molecule has 0 spiro atoms. The minimum atomic E-state index is -0.177. The molecule has 1 saturated heterocycles. The summed E-state index contributed by atoms with van der Waals surface area (Å²) in [6.45, 7) is 4.98. The lowest BCUT2D eigenvalue weighted by Crippen LogP contribution is -2.36. The normalized spacial score (nSPS) is 13.5. The van der Waals surface area contributed by atoms with Crippen molar-refractivity contribution in [3.63, 3.8) is 0 Å². The van der Waals surface area contributed by atoms with E-state index in [2.05, 4.69) is 21.3 Å². The number of morpholine rings is 1. The first-order valence-corrected chi connectivity index (χ1v) is 9.86. The summed E-state index contributed by atoms with van der Waals surface area (Å²) >= 11 is 0. The van der Waals surface area contributed by atoms with Crippen molar-refractivity contribution in [3.05, 3.63) is 77.5 Å². The first-order valence-electron chi connectivity index (χ1n) is 9.86.